The minimum absolute atomic E-state index is 0.133. The quantitative estimate of drug-likeness (QED) is 0.728. The number of fused-ring (bicyclic) bond motifs is 1. The number of anilines is 1. The first-order valence-corrected chi connectivity index (χ1v) is 7.89. The van der Waals surface area contributed by atoms with Crippen molar-refractivity contribution in [1.82, 2.24) is 10.2 Å². The highest BCUT2D eigenvalue weighted by atomic mass is 35.5. The summed E-state index contributed by atoms with van der Waals surface area (Å²) in [6.45, 7) is 0. The van der Waals surface area contributed by atoms with Crippen LogP contribution in [0.1, 0.15) is 23.5 Å². The van der Waals surface area contributed by atoms with E-state index in [0.717, 1.165) is 22.4 Å². The molecule has 3 aromatic rings. The molecule has 0 radical (unpaired) electrons. The summed E-state index contributed by atoms with van der Waals surface area (Å²) < 4.78 is 13.7. The lowest BCUT2D eigenvalue weighted by Gasteiger charge is -2.23. The Hall–Kier alpha value is -2.66. The van der Waals surface area contributed by atoms with Crippen molar-refractivity contribution in [3.05, 3.63) is 70.5 Å². The highest BCUT2D eigenvalue weighted by molar-refractivity contribution is 6.30. The van der Waals surface area contributed by atoms with Crippen LogP contribution in [0.3, 0.4) is 0 Å². The Bertz CT molecular complexity index is 920. The zero-order valence-electron chi connectivity index (χ0n) is 12.5. The van der Waals surface area contributed by atoms with Gasteiger partial charge in [-0.05, 0) is 29.8 Å². The fourth-order valence-electron chi connectivity index (χ4n) is 3.10. The number of amides is 1. The number of hydrogen-bond donors (Lipinski definition) is 2. The standard InChI is InChI=1S/C18H13ClFN3O/c19-12-6-4-10(5-7-12)17-16-14(11-2-1-3-13(20)8-11)9-15(24)21-18(16)23-22-17/h1-8,14H,9H2,(H2,21,22,23,24)/t14-/m0/s1. The lowest BCUT2D eigenvalue weighted by atomic mass is 9.84. The molecular formula is C18H13ClFN3O. The molecule has 1 amide bonds. The minimum Gasteiger partial charge on any atom is -0.309 e. The summed E-state index contributed by atoms with van der Waals surface area (Å²) in [6.07, 6.45) is 0.247. The molecule has 6 heteroatoms. The molecule has 2 aromatic carbocycles. The topological polar surface area (TPSA) is 57.8 Å². The van der Waals surface area contributed by atoms with Gasteiger partial charge < -0.3 is 5.32 Å². The minimum atomic E-state index is -0.323. The smallest absolute Gasteiger partial charge is 0.226 e. The number of halogens is 2. The molecule has 4 rings (SSSR count). The van der Waals surface area contributed by atoms with Crippen LogP contribution in [0.15, 0.2) is 48.5 Å². The van der Waals surface area contributed by atoms with Gasteiger partial charge in [-0.15, -0.1) is 0 Å². The van der Waals surface area contributed by atoms with Gasteiger partial charge in [-0.1, -0.05) is 35.9 Å². The Morgan fingerprint density at radius 1 is 1.17 bits per heavy atom. The molecule has 120 valence electrons. The third kappa shape index (κ3) is 2.57. The fraction of sp³-hybridized carbons (Fsp3) is 0.111. The maximum Gasteiger partial charge on any atom is 0.226 e. The summed E-state index contributed by atoms with van der Waals surface area (Å²) in [5.41, 5.74) is 3.33. The highest BCUT2D eigenvalue weighted by Gasteiger charge is 2.32. The second-order valence-electron chi connectivity index (χ2n) is 5.73. The van der Waals surface area contributed by atoms with Crippen molar-refractivity contribution in [3.63, 3.8) is 0 Å². The monoisotopic (exact) mass is 341 g/mol. The van der Waals surface area contributed by atoms with Crippen LogP contribution in [0, 0.1) is 5.82 Å². The predicted molar refractivity (Wildman–Crippen MR) is 90.5 cm³/mol. The van der Waals surface area contributed by atoms with E-state index in [0.29, 0.717) is 10.8 Å². The lowest BCUT2D eigenvalue weighted by Crippen LogP contribution is -2.23. The number of hydrogen-bond acceptors (Lipinski definition) is 2. The van der Waals surface area contributed by atoms with E-state index in [1.54, 1.807) is 18.2 Å². The summed E-state index contributed by atoms with van der Waals surface area (Å²) in [5.74, 6) is -0.221. The first kappa shape index (κ1) is 14.9. The van der Waals surface area contributed by atoms with Gasteiger partial charge in [0.15, 0.2) is 5.82 Å². The molecule has 1 aliphatic rings. The van der Waals surface area contributed by atoms with Crippen LogP contribution in [0.5, 0.6) is 0 Å². The van der Waals surface area contributed by atoms with E-state index in [-0.39, 0.29) is 24.1 Å². The molecule has 0 fully saturated rings. The van der Waals surface area contributed by atoms with Crippen LogP contribution in [0.4, 0.5) is 10.2 Å². The van der Waals surface area contributed by atoms with Gasteiger partial charge in [0.25, 0.3) is 0 Å². The van der Waals surface area contributed by atoms with Gasteiger partial charge in [-0.25, -0.2) is 4.39 Å². The van der Waals surface area contributed by atoms with Gasteiger partial charge in [0, 0.05) is 28.5 Å². The van der Waals surface area contributed by atoms with Crippen molar-refractivity contribution in [3.8, 4) is 11.3 Å². The lowest BCUT2D eigenvalue weighted by molar-refractivity contribution is -0.116. The average Bonchev–Trinajstić information content (AvgIpc) is 2.98. The van der Waals surface area contributed by atoms with Crippen molar-refractivity contribution >= 4 is 23.3 Å². The van der Waals surface area contributed by atoms with E-state index in [4.69, 9.17) is 11.6 Å². The number of carbonyl (C=O) groups is 1. The predicted octanol–water partition coefficient (Wildman–Crippen LogP) is 4.34. The van der Waals surface area contributed by atoms with Crippen LogP contribution in [0.2, 0.25) is 5.02 Å². The van der Waals surface area contributed by atoms with Gasteiger partial charge in [0.2, 0.25) is 5.91 Å². The van der Waals surface area contributed by atoms with E-state index in [9.17, 15) is 9.18 Å². The van der Waals surface area contributed by atoms with E-state index >= 15 is 0 Å². The molecule has 2 heterocycles. The van der Waals surface area contributed by atoms with Gasteiger partial charge in [-0.3, -0.25) is 9.89 Å². The van der Waals surface area contributed by atoms with Gasteiger partial charge >= 0.3 is 0 Å². The molecule has 0 saturated carbocycles. The largest absolute Gasteiger partial charge is 0.309 e. The Morgan fingerprint density at radius 3 is 2.71 bits per heavy atom. The van der Waals surface area contributed by atoms with Crippen LogP contribution in [-0.4, -0.2) is 16.1 Å². The highest BCUT2D eigenvalue weighted by Crippen LogP contribution is 2.41. The molecule has 0 aliphatic carbocycles. The molecule has 0 unspecified atom stereocenters. The Morgan fingerprint density at radius 2 is 1.96 bits per heavy atom. The normalized spacial score (nSPS) is 16.6. The number of nitrogens with one attached hydrogen (secondary N) is 2. The molecular weight excluding hydrogens is 329 g/mol. The Balaban J connectivity index is 1.87. The van der Waals surface area contributed by atoms with Gasteiger partial charge in [0.05, 0.1) is 5.69 Å². The summed E-state index contributed by atoms with van der Waals surface area (Å²) in [5, 5.41) is 10.6. The SMILES string of the molecule is O=C1C[C@@H](c2cccc(F)c2)c2c(n[nH]c2-c2ccc(Cl)cc2)N1. The zero-order chi connectivity index (χ0) is 16.7. The number of H-pyrrole nitrogens is 1. The van der Waals surface area contributed by atoms with Crippen molar-refractivity contribution in [1.29, 1.82) is 0 Å². The third-order valence-electron chi connectivity index (χ3n) is 4.18. The fourth-order valence-corrected chi connectivity index (χ4v) is 3.23. The summed E-state index contributed by atoms with van der Waals surface area (Å²) in [4.78, 5) is 12.0. The second kappa shape index (κ2) is 5.76. The Labute approximate surface area is 142 Å². The Kier molecular flexibility index (Phi) is 3.58. The maximum atomic E-state index is 13.7. The summed E-state index contributed by atoms with van der Waals surface area (Å²) >= 11 is 5.95. The number of aromatic nitrogens is 2. The molecule has 2 N–H and O–H groups in total. The van der Waals surface area contributed by atoms with Crippen LogP contribution >= 0.6 is 11.6 Å². The maximum absolute atomic E-state index is 13.7. The number of aromatic amines is 1. The van der Waals surface area contributed by atoms with Gasteiger partial charge in [-0.2, -0.15) is 5.10 Å². The van der Waals surface area contributed by atoms with Crippen molar-refractivity contribution in [2.75, 3.05) is 5.32 Å². The van der Waals surface area contributed by atoms with Crippen LogP contribution < -0.4 is 5.32 Å². The number of carbonyl (C=O) groups excluding carboxylic acids is 1. The molecule has 0 bridgehead atoms. The number of rotatable bonds is 2. The van der Waals surface area contributed by atoms with E-state index in [1.165, 1.54) is 12.1 Å². The summed E-state index contributed by atoms with van der Waals surface area (Å²) in [6, 6.07) is 13.7. The van der Waals surface area contributed by atoms with Crippen molar-refractivity contribution in [2.45, 2.75) is 12.3 Å². The summed E-state index contributed by atoms with van der Waals surface area (Å²) in [7, 11) is 0. The molecule has 4 nitrogen and oxygen atoms in total. The molecule has 1 aromatic heterocycles. The molecule has 0 spiro atoms. The van der Waals surface area contributed by atoms with E-state index in [1.807, 2.05) is 18.2 Å². The number of nitrogens with zero attached hydrogens (tertiary/aromatic N) is 1. The average molecular weight is 342 g/mol. The third-order valence-corrected chi connectivity index (χ3v) is 4.44. The first-order chi connectivity index (χ1) is 11.6. The molecule has 1 aliphatic heterocycles. The number of benzene rings is 2. The second-order valence-corrected chi connectivity index (χ2v) is 6.16. The van der Waals surface area contributed by atoms with E-state index in [2.05, 4.69) is 15.5 Å². The zero-order valence-corrected chi connectivity index (χ0v) is 13.3. The van der Waals surface area contributed by atoms with Crippen molar-refractivity contribution < 1.29 is 9.18 Å². The van der Waals surface area contributed by atoms with Gasteiger partial charge in [0.1, 0.15) is 5.82 Å². The van der Waals surface area contributed by atoms with Crippen LogP contribution in [-0.2, 0) is 4.79 Å². The van der Waals surface area contributed by atoms with Crippen molar-refractivity contribution in [2.24, 2.45) is 0 Å². The first-order valence-electron chi connectivity index (χ1n) is 7.51. The molecule has 1 atom stereocenters. The van der Waals surface area contributed by atoms with E-state index < -0.39 is 0 Å². The molecule has 0 saturated heterocycles. The molecule has 24 heavy (non-hydrogen) atoms. The van der Waals surface area contributed by atoms with Crippen LogP contribution in [0.25, 0.3) is 11.3 Å².